The number of carbonyl (C=O) groups excluding carboxylic acids is 2. The summed E-state index contributed by atoms with van der Waals surface area (Å²) in [5, 5.41) is -0.268. The van der Waals surface area contributed by atoms with Crippen LogP contribution < -0.4 is 0 Å². The summed E-state index contributed by atoms with van der Waals surface area (Å²) in [4.78, 5) is 24.7. The number of rotatable bonds is 2. The summed E-state index contributed by atoms with van der Waals surface area (Å²) < 4.78 is 5.68. The standard InChI is InChI=1S/C15H11NO3S/c1-16-14(17)13(20-15(16)18)9-11-7-8-12(19-11)10-5-3-2-4-6-10/h2-9H,1H3. The smallest absolute Gasteiger partial charge is 0.293 e. The van der Waals surface area contributed by atoms with Gasteiger partial charge in [0.15, 0.2) is 0 Å². The molecule has 0 spiro atoms. The Balaban J connectivity index is 1.89. The minimum atomic E-state index is -0.294. The van der Waals surface area contributed by atoms with Gasteiger partial charge in [-0.25, -0.2) is 0 Å². The Morgan fingerprint density at radius 3 is 2.50 bits per heavy atom. The molecule has 0 atom stereocenters. The van der Waals surface area contributed by atoms with Crippen molar-refractivity contribution in [3.05, 3.63) is 53.1 Å². The molecule has 0 bridgehead atoms. The van der Waals surface area contributed by atoms with Crippen molar-refractivity contribution in [2.24, 2.45) is 0 Å². The van der Waals surface area contributed by atoms with Crippen LogP contribution in [0.3, 0.4) is 0 Å². The van der Waals surface area contributed by atoms with Gasteiger partial charge in [0.05, 0.1) is 4.91 Å². The summed E-state index contributed by atoms with van der Waals surface area (Å²) in [5.41, 5.74) is 0.968. The predicted octanol–water partition coefficient (Wildman–Crippen LogP) is 3.61. The number of nitrogens with zero attached hydrogens (tertiary/aromatic N) is 1. The van der Waals surface area contributed by atoms with Gasteiger partial charge in [-0.3, -0.25) is 14.5 Å². The maximum atomic E-state index is 11.8. The Labute approximate surface area is 120 Å². The lowest BCUT2D eigenvalue weighted by molar-refractivity contribution is -0.121. The van der Waals surface area contributed by atoms with Crippen LogP contribution in [0.4, 0.5) is 4.79 Å². The van der Waals surface area contributed by atoms with E-state index in [0.717, 1.165) is 28.0 Å². The highest BCUT2D eigenvalue weighted by atomic mass is 32.2. The molecule has 5 heteroatoms. The molecule has 100 valence electrons. The van der Waals surface area contributed by atoms with Crippen molar-refractivity contribution >= 4 is 29.0 Å². The van der Waals surface area contributed by atoms with Crippen LogP contribution in [-0.2, 0) is 4.79 Å². The van der Waals surface area contributed by atoms with Gasteiger partial charge in [0.1, 0.15) is 11.5 Å². The largest absolute Gasteiger partial charge is 0.457 e. The Kier molecular flexibility index (Phi) is 3.20. The normalized spacial score (nSPS) is 17.2. The van der Waals surface area contributed by atoms with Gasteiger partial charge in [0.25, 0.3) is 11.1 Å². The first-order chi connectivity index (χ1) is 9.65. The van der Waals surface area contributed by atoms with Gasteiger partial charge in [-0.1, -0.05) is 30.3 Å². The lowest BCUT2D eigenvalue weighted by Crippen LogP contribution is -2.22. The highest BCUT2D eigenvalue weighted by Crippen LogP contribution is 2.32. The second-order valence-corrected chi connectivity index (χ2v) is 5.30. The summed E-state index contributed by atoms with van der Waals surface area (Å²) in [5.74, 6) is 0.994. The van der Waals surface area contributed by atoms with Gasteiger partial charge < -0.3 is 4.42 Å². The Morgan fingerprint density at radius 1 is 1.10 bits per heavy atom. The molecule has 1 aliphatic rings. The molecule has 0 N–H and O–H groups in total. The van der Waals surface area contributed by atoms with E-state index in [2.05, 4.69) is 0 Å². The van der Waals surface area contributed by atoms with Crippen LogP contribution in [0.5, 0.6) is 0 Å². The molecule has 3 rings (SSSR count). The number of hydrogen-bond acceptors (Lipinski definition) is 4. The van der Waals surface area contributed by atoms with E-state index in [4.69, 9.17) is 4.42 Å². The summed E-state index contributed by atoms with van der Waals surface area (Å²) in [6.45, 7) is 0. The Bertz CT molecular complexity index is 703. The summed E-state index contributed by atoms with van der Waals surface area (Å²) in [6, 6.07) is 13.3. The molecule has 20 heavy (non-hydrogen) atoms. The minimum absolute atomic E-state index is 0.268. The summed E-state index contributed by atoms with van der Waals surface area (Å²) in [7, 11) is 1.47. The highest BCUT2D eigenvalue weighted by Gasteiger charge is 2.32. The van der Waals surface area contributed by atoms with E-state index in [1.165, 1.54) is 7.05 Å². The molecule has 0 saturated carbocycles. The van der Waals surface area contributed by atoms with Crippen LogP contribution in [-0.4, -0.2) is 23.1 Å². The SMILES string of the molecule is CN1C(=O)SC(=Cc2ccc(-c3ccccc3)o2)C1=O. The molecular formula is C15H11NO3S. The molecule has 4 nitrogen and oxygen atoms in total. The van der Waals surface area contributed by atoms with Gasteiger partial charge >= 0.3 is 0 Å². The first-order valence-corrected chi connectivity index (χ1v) is 6.83. The third-order valence-electron chi connectivity index (χ3n) is 2.94. The van der Waals surface area contributed by atoms with E-state index < -0.39 is 0 Å². The zero-order chi connectivity index (χ0) is 14.1. The third-order valence-corrected chi connectivity index (χ3v) is 3.91. The monoisotopic (exact) mass is 285 g/mol. The van der Waals surface area contributed by atoms with Crippen molar-refractivity contribution in [1.29, 1.82) is 0 Å². The Morgan fingerprint density at radius 2 is 1.85 bits per heavy atom. The van der Waals surface area contributed by atoms with Crippen molar-refractivity contribution in [3.8, 4) is 11.3 Å². The van der Waals surface area contributed by atoms with Gasteiger partial charge in [0, 0.05) is 18.7 Å². The lowest BCUT2D eigenvalue weighted by Gasteiger charge is -2.00. The van der Waals surface area contributed by atoms with Crippen molar-refractivity contribution in [2.75, 3.05) is 7.05 Å². The van der Waals surface area contributed by atoms with E-state index in [1.54, 1.807) is 12.1 Å². The molecule has 2 amide bonds. The molecule has 1 saturated heterocycles. The Hall–Kier alpha value is -2.27. The number of carbonyl (C=O) groups is 2. The first kappa shape index (κ1) is 12.7. The maximum absolute atomic E-state index is 11.8. The number of thioether (sulfide) groups is 1. The molecular weight excluding hydrogens is 274 g/mol. The van der Waals surface area contributed by atoms with E-state index in [-0.39, 0.29) is 11.1 Å². The third kappa shape index (κ3) is 2.28. The fourth-order valence-electron chi connectivity index (χ4n) is 1.86. The fraction of sp³-hybridized carbons (Fsp3) is 0.0667. The summed E-state index contributed by atoms with van der Waals surface area (Å²) in [6.07, 6.45) is 1.60. The number of hydrogen-bond donors (Lipinski definition) is 0. The maximum Gasteiger partial charge on any atom is 0.293 e. The van der Waals surface area contributed by atoms with Gasteiger partial charge in [-0.05, 0) is 23.9 Å². The van der Waals surface area contributed by atoms with Crippen molar-refractivity contribution < 1.29 is 14.0 Å². The zero-order valence-electron chi connectivity index (χ0n) is 10.7. The van der Waals surface area contributed by atoms with Crippen LogP contribution in [0.25, 0.3) is 17.4 Å². The van der Waals surface area contributed by atoms with E-state index >= 15 is 0 Å². The number of imide groups is 1. The minimum Gasteiger partial charge on any atom is -0.457 e. The molecule has 1 aromatic heterocycles. The van der Waals surface area contributed by atoms with Crippen molar-refractivity contribution in [2.45, 2.75) is 0 Å². The first-order valence-electron chi connectivity index (χ1n) is 6.02. The average molecular weight is 285 g/mol. The predicted molar refractivity (Wildman–Crippen MR) is 77.9 cm³/mol. The fourth-order valence-corrected chi connectivity index (χ4v) is 2.67. The van der Waals surface area contributed by atoms with Crippen LogP contribution in [0.15, 0.2) is 51.8 Å². The van der Waals surface area contributed by atoms with Gasteiger partial charge in [0.2, 0.25) is 0 Å². The van der Waals surface area contributed by atoms with Crippen LogP contribution in [0.1, 0.15) is 5.76 Å². The second kappa shape index (κ2) is 5.02. The average Bonchev–Trinajstić information content (AvgIpc) is 3.02. The van der Waals surface area contributed by atoms with Crippen molar-refractivity contribution in [3.63, 3.8) is 0 Å². The number of furan rings is 1. The zero-order valence-corrected chi connectivity index (χ0v) is 11.5. The van der Waals surface area contributed by atoms with E-state index in [0.29, 0.717) is 10.7 Å². The second-order valence-electron chi connectivity index (χ2n) is 4.31. The van der Waals surface area contributed by atoms with Crippen LogP contribution in [0, 0.1) is 0 Å². The molecule has 2 aromatic rings. The molecule has 0 radical (unpaired) electrons. The van der Waals surface area contributed by atoms with E-state index in [9.17, 15) is 9.59 Å². The molecule has 0 aliphatic carbocycles. The molecule has 1 fully saturated rings. The number of amides is 2. The van der Waals surface area contributed by atoms with Gasteiger partial charge in [-0.15, -0.1) is 0 Å². The van der Waals surface area contributed by atoms with Gasteiger partial charge in [-0.2, -0.15) is 0 Å². The summed E-state index contributed by atoms with van der Waals surface area (Å²) >= 11 is 0.920. The van der Waals surface area contributed by atoms with Crippen LogP contribution >= 0.6 is 11.8 Å². The highest BCUT2D eigenvalue weighted by molar-refractivity contribution is 8.18. The quantitative estimate of drug-likeness (QED) is 0.791. The van der Waals surface area contributed by atoms with Crippen LogP contribution in [0.2, 0.25) is 0 Å². The van der Waals surface area contributed by atoms with E-state index in [1.807, 2.05) is 36.4 Å². The molecule has 2 heterocycles. The topological polar surface area (TPSA) is 50.5 Å². The number of likely N-dealkylation sites (N-methyl/N-ethyl adjacent to an activating group) is 1. The molecule has 1 aromatic carbocycles. The van der Waals surface area contributed by atoms with Crippen molar-refractivity contribution in [1.82, 2.24) is 4.90 Å². The molecule has 1 aliphatic heterocycles. The number of benzene rings is 1. The lowest BCUT2D eigenvalue weighted by atomic mass is 10.2. The molecule has 0 unspecified atom stereocenters.